The minimum atomic E-state index is -4.45. The molecule has 0 fully saturated rings. The molecule has 0 saturated carbocycles. The van der Waals surface area contributed by atoms with E-state index in [0.29, 0.717) is 22.1 Å². The van der Waals surface area contributed by atoms with Crippen LogP contribution in [0, 0.1) is 6.92 Å². The smallest absolute Gasteiger partial charge is 0.350 e. The fourth-order valence-corrected chi connectivity index (χ4v) is 3.22. The van der Waals surface area contributed by atoms with E-state index in [0.717, 1.165) is 24.3 Å². The summed E-state index contributed by atoms with van der Waals surface area (Å²) in [6.45, 7) is 5.94. The minimum absolute atomic E-state index is 0.104. The van der Waals surface area contributed by atoms with Gasteiger partial charge in [-0.3, -0.25) is 9.59 Å². The maximum Gasteiger partial charge on any atom is 0.416 e. The molecule has 0 saturated heterocycles. The monoisotopic (exact) mass is 440 g/mol. The highest BCUT2D eigenvalue weighted by molar-refractivity contribution is 7.98. The van der Waals surface area contributed by atoms with Gasteiger partial charge >= 0.3 is 6.18 Å². The molecule has 0 aliphatic carbocycles. The van der Waals surface area contributed by atoms with Crippen molar-refractivity contribution in [1.29, 1.82) is 0 Å². The molecule has 1 aromatic heterocycles. The normalized spacial score (nSPS) is 11.5. The lowest BCUT2D eigenvalue weighted by molar-refractivity contribution is -0.137. The first-order chi connectivity index (χ1) is 14.0. The molecule has 30 heavy (non-hydrogen) atoms. The van der Waals surface area contributed by atoms with Gasteiger partial charge in [-0.1, -0.05) is 13.8 Å². The van der Waals surface area contributed by atoms with Crippen molar-refractivity contribution in [3.63, 3.8) is 0 Å². The number of carbonyl (C=O) groups is 2. The average molecular weight is 440 g/mol. The fraction of sp³-hybridized carbons (Fsp3) is 0.400. The number of thioether (sulfide) groups is 1. The Kier molecular flexibility index (Phi) is 7.83. The average Bonchev–Trinajstić information content (AvgIpc) is 2.69. The van der Waals surface area contributed by atoms with Crippen molar-refractivity contribution >= 4 is 23.6 Å². The number of halogens is 3. The van der Waals surface area contributed by atoms with E-state index in [1.165, 1.54) is 11.8 Å². The van der Waals surface area contributed by atoms with Gasteiger partial charge in [0.2, 0.25) is 0 Å². The highest BCUT2D eigenvalue weighted by atomic mass is 32.2. The van der Waals surface area contributed by atoms with Crippen LogP contribution >= 0.6 is 11.8 Å². The fourth-order valence-electron chi connectivity index (χ4n) is 2.59. The van der Waals surface area contributed by atoms with Gasteiger partial charge in [0.25, 0.3) is 11.8 Å². The number of aryl methyl sites for hydroxylation is 1. The highest BCUT2D eigenvalue weighted by Crippen LogP contribution is 2.29. The lowest BCUT2D eigenvalue weighted by Crippen LogP contribution is -2.35. The molecule has 0 bridgehead atoms. The Morgan fingerprint density at radius 3 is 2.10 bits per heavy atom. The molecule has 0 unspecified atom stereocenters. The van der Waals surface area contributed by atoms with Crippen LogP contribution in [0.1, 0.15) is 57.6 Å². The van der Waals surface area contributed by atoms with Crippen LogP contribution in [0.15, 0.2) is 29.3 Å². The molecule has 0 aliphatic heterocycles. The van der Waals surface area contributed by atoms with Crippen LogP contribution in [0.3, 0.4) is 0 Å². The van der Waals surface area contributed by atoms with Crippen molar-refractivity contribution in [3.8, 4) is 0 Å². The zero-order chi connectivity index (χ0) is 22.5. The number of nitrogens with one attached hydrogen (secondary N) is 2. The molecule has 2 amide bonds. The number of amides is 2. The van der Waals surface area contributed by atoms with Gasteiger partial charge in [-0.25, -0.2) is 9.97 Å². The molecule has 0 spiro atoms. The zero-order valence-corrected chi connectivity index (χ0v) is 17.9. The molecular formula is C20H23F3N4O2S. The number of benzene rings is 1. The van der Waals surface area contributed by atoms with Gasteiger partial charge in [-0.05, 0) is 37.4 Å². The number of rotatable bonds is 7. The number of nitrogens with zero attached hydrogens (tertiary/aromatic N) is 2. The van der Waals surface area contributed by atoms with E-state index in [-0.39, 0.29) is 30.5 Å². The molecule has 10 heteroatoms. The Morgan fingerprint density at radius 2 is 1.60 bits per heavy atom. The Balaban J connectivity index is 1.93. The molecule has 0 atom stereocenters. The Bertz CT molecular complexity index is 916. The van der Waals surface area contributed by atoms with Crippen LogP contribution in [0.25, 0.3) is 0 Å². The molecule has 2 aromatic rings. The van der Waals surface area contributed by atoms with Crippen LogP contribution in [0.2, 0.25) is 0 Å². The highest BCUT2D eigenvalue weighted by Gasteiger charge is 2.30. The van der Waals surface area contributed by atoms with Gasteiger partial charge in [0, 0.05) is 24.6 Å². The third kappa shape index (κ3) is 5.94. The van der Waals surface area contributed by atoms with Crippen molar-refractivity contribution in [2.45, 2.75) is 37.9 Å². The number of hydrogen-bond acceptors (Lipinski definition) is 5. The minimum Gasteiger partial charge on any atom is -0.350 e. The lowest BCUT2D eigenvalue weighted by Gasteiger charge is -2.14. The predicted octanol–water partition coefficient (Wildman–Crippen LogP) is 3.81. The Morgan fingerprint density at radius 1 is 1.03 bits per heavy atom. The predicted molar refractivity (Wildman–Crippen MR) is 109 cm³/mol. The standard InChI is InChI=1S/C20H23F3N4O2S/c1-11(2)16-26-12(3)15(19(27-16)30-4)18(29)25-10-9-24-17(28)13-5-7-14(8-6-13)20(21,22)23/h5-8,11H,9-10H2,1-4H3,(H,24,28)(H,25,29). The summed E-state index contributed by atoms with van der Waals surface area (Å²) in [4.78, 5) is 33.4. The van der Waals surface area contributed by atoms with E-state index >= 15 is 0 Å². The van der Waals surface area contributed by atoms with E-state index in [4.69, 9.17) is 0 Å². The molecule has 2 rings (SSSR count). The molecule has 1 heterocycles. The van der Waals surface area contributed by atoms with E-state index in [9.17, 15) is 22.8 Å². The van der Waals surface area contributed by atoms with E-state index in [2.05, 4.69) is 20.6 Å². The first-order valence-corrected chi connectivity index (χ1v) is 10.4. The summed E-state index contributed by atoms with van der Waals surface area (Å²) in [7, 11) is 0. The summed E-state index contributed by atoms with van der Waals surface area (Å²) >= 11 is 1.35. The van der Waals surface area contributed by atoms with Crippen LogP contribution in [-0.4, -0.2) is 41.1 Å². The second-order valence-corrected chi connectivity index (χ2v) is 7.59. The van der Waals surface area contributed by atoms with Crippen molar-refractivity contribution < 1.29 is 22.8 Å². The third-order valence-corrected chi connectivity index (χ3v) is 4.86. The summed E-state index contributed by atoms with van der Waals surface area (Å²) < 4.78 is 37.7. The first kappa shape index (κ1) is 23.7. The van der Waals surface area contributed by atoms with Crippen molar-refractivity contribution in [2.75, 3.05) is 19.3 Å². The Hall–Kier alpha value is -2.62. The molecule has 162 valence electrons. The number of carbonyl (C=O) groups excluding carboxylic acids is 2. The van der Waals surface area contributed by atoms with Crippen LogP contribution in [-0.2, 0) is 6.18 Å². The molecule has 6 nitrogen and oxygen atoms in total. The summed E-state index contributed by atoms with van der Waals surface area (Å²) in [6, 6.07) is 3.92. The van der Waals surface area contributed by atoms with Crippen molar-refractivity contribution in [2.24, 2.45) is 0 Å². The largest absolute Gasteiger partial charge is 0.416 e. The topological polar surface area (TPSA) is 84.0 Å². The van der Waals surface area contributed by atoms with Gasteiger partial charge in [0.05, 0.1) is 16.8 Å². The van der Waals surface area contributed by atoms with Gasteiger partial charge in [-0.15, -0.1) is 11.8 Å². The first-order valence-electron chi connectivity index (χ1n) is 9.20. The number of alkyl halides is 3. The van der Waals surface area contributed by atoms with Gasteiger partial charge in [0.15, 0.2) is 0 Å². The number of hydrogen-bond donors (Lipinski definition) is 2. The lowest BCUT2D eigenvalue weighted by atomic mass is 10.1. The van der Waals surface area contributed by atoms with Crippen molar-refractivity contribution in [1.82, 2.24) is 20.6 Å². The third-order valence-electron chi connectivity index (χ3n) is 4.18. The van der Waals surface area contributed by atoms with Crippen molar-refractivity contribution in [3.05, 3.63) is 52.5 Å². The van der Waals surface area contributed by atoms with E-state index in [1.807, 2.05) is 20.1 Å². The quantitative estimate of drug-likeness (QED) is 0.389. The van der Waals surface area contributed by atoms with E-state index in [1.54, 1.807) is 6.92 Å². The molecular weight excluding hydrogens is 417 g/mol. The number of aromatic nitrogens is 2. The zero-order valence-electron chi connectivity index (χ0n) is 17.1. The van der Waals surface area contributed by atoms with E-state index < -0.39 is 17.6 Å². The SMILES string of the molecule is CSc1nc(C(C)C)nc(C)c1C(=O)NCCNC(=O)c1ccc(C(F)(F)F)cc1. The summed E-state index contributed by atoms with van der Waals surface area (Å²) in [5.74, 6) is -0.0798. The van der Waals surface area contributed by atoms with Gasteiger partial charge in [-0.2, -0.15) is 13.2 Å². The second kappa shape index (κ2) is 9.92. The maximum absolute atomic E-state index is 12.6. The Labute approximate surface area is 177 Å². The maximum atomic E-state index is 12.6. The molecule has 0 radical (unpaired) electrons. The second-order valence-electron chi connectivity index (χ2n) is 6.79. The summed E-state index contributed by atoms with van der Waals surface area (Å²) in [5.41, 5.74) is 0.245. The molecule has 1 aromatic carbocycles. The summed E-state index contributed by atoms with van der Waals surface area (Å²) in [5, 5.41) is 5.84. The summed E-state index contributed by atoms with van der Waals surface area (Å²) in [6.07, 6.45) is -2.63. The van der Waals surface area contributed by atoms with Crippen LogP contribution < -0.4 is 10.6 Å². The van der Waals surface area contributed by atoms with Crippen LogP contribution in [0.4, 0.5) is 13.2 Å². The molecule has 2 N–H and O–H groups in total. The molecule has 0 aliphatic rings. The van der Waals surface area contributed by atoms with Gasteiger partial charge < -0.3 is 10.6 Å². The van der Waals surface area contributed by atoms with Crippen LogP contribution in [0.5, 0.6) is 0 Å². The van der Waals surface area contributed by atoms with Gasteiger partial charge in [0.1, 0.15) is 10.9 Å².